The molecule has 2 aromatic carbocycles. The second-order valence-corrected chi connectivity index (χ2v) is 16.7. The molecule has 4 saturated heterocycles. The number of nitrogens with zero attached hydrogens (tertiary/aromatic N) is 7. The van der Waals surface area contributed by atoms with Gasteiger partial charge in [-0.2, -0.15) is 9.97 Å². The van der Waals surface area contributed by atoms with Crippen LogP contribution in [0, 0.1) is 18.6 Å². The number of likely N-dealkylation sites (N-methyl/N-ethyl adjacent to an activating group) is 1. The minimum atomic E-state index is -0.946. The number of carbonyl (C=O) groups excluding carboxylic acids is 2. The van der Waals surface area contributed by atoms with E-state index in [2.05, 4.69) is 14.9 Å². The van der Waals surface area contributed by atoms with Crippen molar-refractivity contribution in [3.05, 3.63) is 65.9 Å². The normalized spacial score (nSPS) is 24.0. The highest BCUT2D eigenvalue weighted by atomic mass is 19.1. The summed E-state index contributed by atoms with van der Waals surface area (Å²) in [5, 5.41) is 1.66. The molecule has 8 rings (SSSR count). The number of anilines is 1. The fourth-order valence-electron chi connectivity index (χ4n) is 8.81. The van der Waals surface area contributed by atoms with Gasteiger partial charge in [-0.25, -0.2) is 18.0 Å². The lowest BCUT2D eigenvalue weighted by molar-refractivity contribution is -0.125. The fraction of sp³-hybridized carbons (Fsp3) is 0.500. The average Bonchev–Trinajstić information content (AvgIpc) is 3.86. The number of aromatic nitrogens is 3. The molecule has 0 spiro atoms. The molecule has 296 valence electrons. The Hall–Kier alpha value is -4.98. The van der Waals surface area contributed by atoms with Gasteiger partial charge in [-0.3, -0.25) is 14.7 Å². The standard InChI is InChI=1S/C42H48F3N7O4/c1-25-32(44)12-10-26-8-6-9-30(34(25)26)36-35(45)37-31(21-46-36)38(48-39(47-37)55-24-42-16-7-17-51(42)22-27(43)20-42)49(5)29-14-18-50(23-29)33(53)13-11-28-15-19-52(28)40(54)56-41(2,3)4/h6,8-13,21,27-29H,7,14-20,22-24H2,1-5H3/b13-11+/t27-,28+,29-,42+/m1/s1. The van der Waals surface area contributed by atoms with E-state index in [0.29, 0.717) is 66.7 Å². The SMILES string of the molecule is Cc1c(F)ccc2cccc(-c3ncc4c(N(C)[C@@H]5CCN(C(=O)/C=C/[C@H]6CCN6C(=O)OC(C)(C)C)C5)nc(OC[C@@]56CCCN5C[C@H](F)C6)nc4c3F)c12. The maximum Gasteiger partial charge on any atom is 0.410 e. The van der Waals surface area contributed by atoms with Gasteiger partial charge in [-0.1, -0.05) is 30.3 Å². The lowest BCUT2D eigenvalue weighted by Gasteiger charge is -2.39. The third-order valence-electron chi connectivity index (χ3n) is 11.9. The van der Waals surface area contributed by atoms with Crippen molar-refractivity contribution in [1.82, 2.24) is 29.7 Å². The summed E-state index contributed by atoms with van der Waals surface area (Å²) >= 11 is 0. The first-order valence-corrected chi connectivity index (χ1v) is 19.5. The zero-order valence-corrected chi connectivity index (χ0v) is 32.5. The Balaban J connectivity index is 1.08. The van der Waals surface area contributed by atoms with E-state index in [0.717, 1.165) is 31.2 Å². The van der Waals surface area contributed by atoms with E-state index in [1.54, 1.807) is 41.0 Å². The van der Waals surface area contributed by atoms with Crippen LogP contribution in [0.25, 0.3) is 32.9 Å². The van der Waals surface area contributed by atoms with Crippen molar-refractivity contribution in [1.29, 1.82) is 0 Å². The van der Waals surface area contributed by atoms with Crippen LogP contribution in [0.2, 0.25) is 0 Å². The molecular formula is C42H48F3N7O4. The summed E-state index contributed by atoms with van der Waals surface area (Å²) in [5.41, 5.74) is -0.246. The van der Waals surface area contributed by atoms with E-state index in [1.807, 2.05) is 38.8 Å². The maximum absolute atomic E-state index is 17.0. The van der Waals surface area contributed by atoms with Crippen molar-refractivity contribution < 1.29 is 32.2 Å². The third kappa shape index (κ3) is 7.01. The molecule has 0 unspecified atom stereocenters. The molecule has 0 N–H and O–H groups in total. The van der Waals surface area contributed by atoms with Gasteiger partial charge in [-0.15, -0.1) is 0 Å². The van der Waals surface area contributed by atoms with Gasteiger partial charge >= 0.3 is 12.1 Å². The Morgan fingerprint density at radius 1 is 1.07 bits per heavy atom. The summed E-state index contributed by atoms with van der Waals surface area (Å²) in [6.07, 6.45) is 6.91. The molecule has 14 heteroatoms. The molecule has 4 aliphatic rings. The Morgan fingerprint density at radius 2 is 1.89 bits per heavy atom. The number of fused-ring (bicyclic) bond motifs is 3. The molecular weight excluding hydrogens is 724 g/mol. The topological polar surface area (TPSA) is 104 Å². The molecule has 4 aromatic rings. The van der Waals surface area contributed by atoms with Crippen LogP contribution in [0.3, 0.4) is 0 Å². The molecule has 0 aliphatic carbocycles. The van der Waals surface area contributed by atoms with Gasteiger partial charge < -0.3 is 24.2 Å². The van der Waals surface area contributed by atoms with Gasteiger partial charge in [0.2, 0.25) is 5.91 Å². The number of amides is 2. The van der Waals surface area contributed by atoms with Crippen LogP contribution in [-0.4, -0.2) is 117 Å². The van der Waals surface area contributed by atoms with Crippen LogP contribution in [0.15, 0.2) is 48.7 Å². The number of benzene rings is 2. The van der Waals surface area contributed by atoms with E-state index in [9.17, 15) is 18.4 Å². The van der Waals surface area contributed by atoms with Crippen molar-refractivity contribution in [3.63, 3.8) is 0 Å². The lowest BCUT2D eigenvalue weighted by atomic mass is 9.95. The molecule has 11 nitrogen and oxygen atoms in total. The smallest absolute Gasteiger partial charge is 0.410 e. The molecule has 2 aromatic heterocycles. The molecule has 0 bridgehead atoms. The molecule has 4 aliphatic heterocycles. The van der Waals surface area contributed by atoms with Crippen LogP contribution in [0.1, 0.15) is 58.4 Å². The summed E-state index contributed by atoms with van der Waals surface area (Å²) in [5.74, 6) is -0.885. The first-order valence-electron chi connectivity index (χ1n) is 19.5. The third-order valence-corrected chi connectivity index (χ3v) is 11.9. The highest BCUT2D eigenvalue weighted by molar-refractivity contribution is 6.00. The van der Waals surface area contributed by atoms with Crippen molar-refractivity contribution in [2.24, 2.45) is 0 Å². The lowest BCUT2D eigenvalue weighted by Crippen LogP contribution is -2.51. The predicted molar refractivity (Wildman–Crippen MR) is 207 cm³/mol. The van der Waals surface area contributed by atoms with Crippen LogP contribution < -0.4 is 9.64 Å². The quantitative estimate of drug-likeness (QED) is 0.176. The number of rotatable bonds is 8. The van der Waals surface area contributed by atoms with Crippen LogP contribution in [0.5, 0.6) is 6.01 Å². The minimum absolute atomic E-state index is 0.00706. The minimum Gasteiger partial charge on any atom is -0.461 e. The number of pyridine rings is 1. The number of aryl methyl sites for hydroxylation is 1. The largest absolute Gasteiger partial charge is 0.461 e. The predicted octanol–water partition coefficient (Wildman–Crippen LogP) is 6.99. The average molecular weight is 772 g/mol. The maximum atomic E-state index is 17.0. The van der Waals surface area contributed by atoms with E-state index in [1.165, 1.54) is 18.3 Å². The van der Waals surface area contributed by atoms with Crippen molar-refractivity contribution >= 4 is 39.5 Å². The first-order chi connectivity index (χ1) is 26.7. The molecule has 0 radical (unpaired) electrons. The van der Waals surface area contributed by atoms with Crippen molar-refractivity contribution in [2.45, 2.75) is 89.2 Å². The summed E-state index contributed by atoms with van der Waals surface area (Å²) in [6, 6.07) is 7.98. The van der Waals surface area contributed by atoms with Crippen molar-refractivity contribution in [2.75, 3.05) is 51.3 Å². The molecule has 4 atom stereocenters. The van der Waals surface area contributed by atoms with Gasteiger partial charge in [-0.05, 0) is 82.3 Å². The van der Waals surface area contributed by atoms with Crippen LogP contribution in [-0.2, 0) is 9.53 Å². The number of likely N-dealkylation sites (tertiary alicyclic amines) is 2. The molecule has 56 heavy (non-hydrogen) atoms. The van der Waals surface area contributed by atoms with E-state index in [-0.39, 0.29) is 41.8 Å². The Morgan fingerprint density at radius 3 is 2.66 bits per heavy atom. The van der Waals surface area contributed by atoms with E-state index in [4.69, 9.17) is 14.5 Å². The second-order valence-electron chi connectivity index (χ2n) is 16.7. The zero-order valence-electron chi connectivity index (χ0n) is 32.5. The fourth-order valence-corrected chi connectivity index (χ4v) is 8.81. The van der Waals surface area contributed by atoms with Gasteiger partial charge in [0, 0.05) is 63.5 Å². The summed E-state index contributed by atoms with van der Waals surface area (Å²) in [7, 11) is 1.85. The Bertz CT molecular complexity index is 2230. The highest BCUT2D eigenvalue weighted by Gasteiger charge is 2.49. The van der Waals surface area contributed by atoms with Gasteiger partial charge in [0.15, 0.2) is 5.82 Å². The van der Waals surface area contributed by atoms with E-state index < -0.39 is 35.0 Å². The highest BCUT2D eigenvalue weighted by Crippen LogP contribution is 2.41. The molecule has 4 fully saturated rings. The molecule has 6 heterocycles. The van der Waals surface area contributed by atoms with Gasteiger partial charge in [0.25, 0.3) is 0 Å². The zero-order chi connectivity index (χ0) is 39.5. The number of hydrogen-bond acceptors (Lipinski definition) is 9. The first kappa shape index (κ1) is 37.9. The molecule has 0 saturated carbocycles. The van der Waals surface area contributed by atoms with E-state index >= 15 is 4.39 Å². The molecule has 2 amide bonds. The number of ether oxygens (including phenoxy) is 2. The summed E-state index contributed by atoms with van der Waals surface area (Å²) < 4.78 is 58.2. The number of halogens is 3. The number of alkyl halides is 1. The summed E-state index contributed by atoms with van der Waals surface area (Å²) in [4.78, 5) is 47.4. The number of carbonyl (C=O) groups is 2. The van der Waals surface area contributed by atoms with Gasteiger partial charge in [0.1, 0.15) is 41.2 Å². The Labute approximate surface area is 324 Å². The summed E-state index contributed by atoms with van der Waals surface area (Å²) in [6.45, 7) is 9.87. The van der Waals surface area contributed by atoms with Crippen molar-refractivity contribution in [3.8, 4) is 17.3 Å². The van der Waals surface area contributed by atoms with Crippen LogP contribution in [0.4, 0.5) is 23.8 Å². The van der Waals surface area contributed by atoms with Crippen LogP contribution >= 0.6 is 0 Å². The monoisotopic (exact) mass is 771 g/mol. The van der Waals surface area contributed by atoms with Gasteiger partial charge in [0.05, 0.1) is 17.0 Å². The number of hydrogen-bond donors (Lipinski definition) is 0. The second kappa shape index (κ2) is 14.5. The Kier molecular flexibility index (Phi) is 9.82.